The van der Waals surface area contributed by atoms with E-state index >= 15 is 0 Å². The fourth-order valence-corrected chi connectivity index (χ4v) is 4.30. The summed E-state index contributed by atoms with van der Waals surface area (Å²) in [5.74, 6) is 0.409. The Kier molecular flexibility index (Phi) is 7.60. The van der Waals surface area contributed by atoms with Crippen LogP contribution in [0.3, 0.4) is 0 Å². The SMILES string of the molecule is CCCCC(CCCC)CNC(=O)c1cn(CC2(O)COC2)c2cccc(Cl)c12. The predicted octanol–water partition coefficient (Wildman–Crippen LogP) is 4.78. The molecular weight excluding hydrogens is 388 g/mol. The van der Waals surface area contributed by atoms with Gasteiger partial charge in [-0.05, 0) is 30.9 Å². The second-order valence-electron chi connectivity index (χ2n) is 8.38. The zero-order valence-electron chi connectivity index (χ0n) is 17.5. The van der Waals surface area contributed by atoms with E-state index < -0.39 is 5.60 Å². The average Bonchev–Trinajstić information content (AvgIpc) is 3.05. The number of nitrogens with one attached hydrogen (secondary N) is 1. The van der Waals surface area contributed by atoms with E-state index in [4.69, 9.17) is 16.3 Å². The minimum Gasteiger partial charge on any atom is -0.383 e. The normalized spacial score (nSPS) is 15.6. The van der Waals surface area contributed by atoms with E-state index in [0.29, 0.717) is 42.8 Å². The summed E-state index contributed by atoms with van der Waals surface area (Å²) in [6, 6.07) is 5.61. The molecule has 2 heterocycles. The number of nitrogens with zero attached hydrogens (tertiary/aromatic N) is 1. The average molecular weight is 421 g/mol. The number of benzene rings is 1. The Bertz CT molecular complexity index is 821. The minimum atomic E-state index is -0.882. The molecule has 0 saturated carbocycles. The lowest BCUT2D eigenvalue weighted by Crippen LogP contribution is -2.52. The maximum Gasteiger partial charge on any atom is 0.253 e. The van der Waals surface area contributed by atoms with Gasteiger partial charge in [0.25, 0.3) is 5.91 Å². The fourth-order valence-electron chi connectivity index (χ4n) is 4.02. The van der Waals surface area contributed by atoms with E-state index in [1.807, 2.05) is 22.9 Å². The zero-order chi connectivity index (χ0) is 20.9. The molecule has 0 atom stereocenters. The van der Waals surface area contributed by atoms with Crippen LogP contribution in [0.2, 0.25) is 5.02 Å². The largest absolute Gasteiger partial charge is 0.383 e. The molecule has 0 spiro atoms. The van der Waals surface area contributed by atoms with Crippen molar-refractivity contribution in [1.29, 1.82) is 0 Å². The number of rotatable bonds is 11. The zero-order valence-corrected chi connectivity index (χ0v) is 18.3. The van der Waals surface area contributed by atoms with Crippen LogP contribution < -0.4 is 5.32 Å². The summed E-state index contributed by atoms with van der Waals surface area (Å²) in [4.78, 5) is 13.1. The molecule has 6 heteroatoms. The number of aromatic nitrogens is 1. The molecule has 2 aromatic rings. The second kappa shape index (κ2) is 9.96. The summed E-state index contributed by atoms with van der Waals surface area (Å²) in [6.07, 6.45) is 8.83. The summed E-state index contributed by atoms with van der Waals surface area (Å²) in [5.41, 5.74) is 0.545. The Morgan fingerprint density at radius 3 is 2.55 bits per heavy atom. The Labute approximate surface area is 178 Å². The molecule has 1 saturated heterocycles. The van der Waals surface area contributed by atoms with Gasteiger partial charge in [-0.25, -0.2) is 0 Å². The van der Waals surface area contributed by atoms with Gasteiger partial charge < -0.3 is 19.7 Å². The van der Waals surface area contributed by atoms with Gasteiger partial charge in [0.05, 0.1) is 35.9 Å². The highest BCUT2D eigenvalue weighted by atomic mass is 35.5. The Balaban J connectivity index is 1.77. The third-order valence-electron chi connectivity index (χ3n) is 5.79. The number of aliphatic hydroxyl groups is 1. The van der Waals surface area contributed by atoms with Gasteiger partial charge >= 0.3 is 0 Å². The lowest BCUT2D eigenvalue weighted by Gasteiger charge is -2.36. The van der Waals surface area contributed by atoms with E-state index in [-0.39, 0.29) is 5.91 Å². The van der Waals surface area contributed by atoms with Gasteiger partial charge in [-0.1, -0.05) is 57.2 Å². The standard InChI is InChI=1S/C23H33ClN2O3/c1-3-5-8-17(9-6-4-2)12-25-22(27)18-13-26(14-23(28)15-29-16-23)20-11-7-10-19(24)21(18)20/h7,10-11,13,17,28H,3-6,8-9,12,14-16H2,1-2H3,(H,25,27). The highest BCUT2D eigenvalue weighted by Gasteiger charge is 2.37. The summed E-state index contributed by atoms with van der Waals surface area (Å²) in [6.45, 7) is 6.10. The maximum absolute atomic E-state index is 13.1. The second-order valence-corrected chi connectivity index (χ2v) is 8.79. The van der Waals surface area contributed by atoms with Crippen LogP contribution in [-0.4, -0.2) is 40.9 Å². The van der Waals surface area contributed by atoms with E-state index in [9.17, 15) is 9.90 Å². The Morgan fingerprint density at radius 1 is 1.28 bits per heavy atom. The number of unbranched alkanes of at least 4 members (excludes halogenated alkanes) is 2. The Morgan fingerprint density at radius 2 is 1.97 bits per heavy atom. The molecule has 2 N–H and O–H groups in total. The molecule has 0 radical (unpaired) electrons. The smallest absolute Gasteiger partial charge is 0.253 e. The van der Waals surface area contributed by atoms with Gasteiger partial charge in [0.1, 0.15) is 5.60 Å². The van der Waals surface area contributed by atoms with Crippen LogP contribution in [0.5, 0.6) is 0 Å². The van der Waals surface area contributed by atoms with Crippen LogP contribution in [0, 0.1) is 5.92 Å². The monoisotopic (exact) mass is 420 g/mol. The van der Waals surface area contributed by atoms with Crippen LogP contribution in [0.4, 0.5) is 0 Å². The molecule has 1 aliphatic heterocycles. The molecule has 0 aliphatic carbocycles. The number of carbonyl (C=O) groups excluding carboxylic acids is 1. The molecular formula is C23H33ClN2O3. The lowest BCUT2D eigenvalue weighted by molar-refractivity contribution is -0.184. The molecule has 29 heavy (non-hydrogen) atoms. The fraction of sp³-hybridized carbons (Fsp3) is 0.609. The number of carbonyl (C=O) groups is 1. The number of amides is 1. The van der Waals surface area contributed by atoms with Crippen molar-refractivity contribution in [3.8, 4) is 0 Å². The van der Waals surface area contributed by atoms with Crippen molar-refractivity contribution in [2.24, 2.45) is 5.92 Å². The first-order valence-electron chi connectivity index (χ1n) is 10.8. The van der Waals surface area contributed by atoms with Gasteiger partial charge in [0, 0.05) is 18.1 Å². The van der Waals surface area contributed by atoms with Gasteiger partial charge in [-0.15, -0.1) is 0 Å². The van der Waals surface area contributed by atoms with Gasteiger partial charge in [-0.3, -0.25) is 4.79 Å². The van der Waals surface area contributed by atoms with E-state index in [0.717, 1.165) is 23.7 Å². The topological polar surface area (TPSA) is 63.5 Å². The Hall–Kier alpha value is -1.56. The lowest BCUT2D eigenvalue weighted by atomic mass is 9.96. The van der Waals surface area contributed by atoms with Crippen LogP contribution in [-0.2, 0) is 11.3 Å². The summed E-state index contributed by atoms with van der Waals surface area (Å²) >= 11 is 6.46. The van der Waals surface area contributed by atoms with Crippen molar-refractivity contribution in [2.75, 3.05) is 19.8 Å². The number of fused-ring (bicyclic) bond motifs is 1. The first kappa shape index (κ1) is 22.1. The van der Waals surface area contributed by atoms with E-state index in [2.05, 4.69) is 19.2 Å². The van der Waals surface area contributed by atoms with Crippen LogP contribution in [0.25, 0.3) is 10.9 Å². The molecule has 160 valence electrons. The van der Waals surface area contributed by atoms with Gasteiger partial charge in [0.2, 0.25) is 0 Å². The van der Waals surface area contributed by atoms with Gasteiger partial charge in [-0.2, -0.15) is 0 Å². The molecule has 1 aliphatic rings. The number of ether oxygens (including phenoxy) is 1. The first-order chi connectivity index (χ1) is 14.0. The number of hydrogen-bond donors (Lipinski definition) is 2. The highest BCUT2D eigenvalue weighted by Crippen LogP contribution is 2.31. The van der Waals surface area contributed by atoms with Crippen molar-refractivity contribution in [3.05, 3.63) is 35.0 Å². The summed E-state index contributed by atoms with van der Waals surface area (Å²) in [7, 11) is 0. The molecule has 1 aromatic carbocycles. The van der Waals surface area contributed by atoms with Crippen molar-refractivity contribution < 1.29 is 14.6 Å². The summed E-state index contributed by atoms with van der Waals surface area (Å²) < 4.78 is 7.08. The third kappa shape index (κ3) is 5.33. The first-order valence-corrected chi connectivity index (χ1v) is 11.2. The molecule has 5 nitrogen and oxygen atoms in total. The molecule has 1 aromatic heterocycles. The van der Waals surface area contributed by atoms with Gasteiger partial charge in [0.15, 0.2) is 0 Å². The van der Waals surface area contributed by atoms with Crippen LogP contribution in [0.1, 0.15) is 62.7 Å². The van der Waals surface area contributed by atoms with E-state index in [1.165, 1.54) is 25.7 Å². The maximum atomic E-state index is 13.1. The van der Waals surface area contributed by atoms with Crippen molar-refractivity contribution in [2.45, 2.75) is 64.5 Å². The number of halogens is 1. The molecule has 0 bridgehead atoms. The van der Waals surface area contributed by atoms with Crippen molar-refractivity contribution in [3.63, 3.8) is 0 Å². The minimum absolute atomic E-state index is 0.100. The van der Waals surface area contributed by atoms with Crippen LogP contribution >= 0.6 is 11.6 Å². The predicted molar refractivity (Wildman–Crippen MR) is 118 cm³/mol. The third-order valence-corrected chi connectivity index (χ3v) is 6.10. The van der Waals surface area contributed by atoms with Crippen LogP contribution in [0.15, 0.2) is 24.4 Å². The van der Waals surface area contributed by atoms with E-state index in [1.54, 1.807) is 6.07 Å². The van der Waals surface area contributed by atoms with Crippen molar-refractivity contribution in [1.82, 2.24) is 9.88 Å². The quantitative estimate of drug-likeness (QED) is 0.549. The molecule has 3 rings (SSSR count). The highest BCUT2D eigenvalue weighted by molar-refractivity contribution is 6.36. The summed E-state index contributed by atoms with van der Waals surface area (Å²) in [5, 5.41) is 14.9. The molecule has 1 fully saturated rings. The molecule has 1 amide bonds. The van der Waals surface area contributed by atoms with Crippen molar-refractivity contribution >= 4 is 28.4 Å². The molecule has 0 unspecified atom stereocenters. The number of hydrogen-bond acceptors (Lipinski definition) is 3.